The van der Waals surface area contributed by atoms with Crippen molar-refractivity contribution in [1.29, 1.82) is 5.26 Å². The number of hydrogen-bond donors (Lipinski definition) is 0. The molecule has 0 unspecified atom stereocenters. The normalized spacial score (nSPS) is 10.5. The molecule has 0 radical (unpaired) electrons. The van der Waals surface area contributed by atoms with Gasteiger partial charge in [-0.1, -0.05) is 54.1 Å². The average Bonchev–Trinajstić information content (AvgIpc) is 2.93. The highest BCUT2D eigenvalue weighted by molar-refractivity contribution is 6.33. The maximum atomic E-state index is 12.5. The summed E-state index contributed by atoms with van der Waals surface area (Å²) in [5.41, 5.74) is 4.87. The lowest BCUT2D eigenvalue weighted by molar-refractivity contribution is 0.0516. The lowest BCUT2D eigenvalue weighted by Crippen LogP contribution is -2.11. The molecule has 0 fully saturated rings. The second-order valence-corrected chi connectivity index (χ2v) is 6.54. The van der Waals surface area contributed by atoms with Crippen molar-refractivity contribution >= 4 is 17.6 Å². The third-order valence-electron chi connectivity index (χ3n) is 4.63. The molecule has 0 aliphatic heterocycles. The van der Waals surface area contributed by atoms with Gasteiger partial charge in [-0.2, -0.15) is 5.26 Å². The summed E-state index contributed by atoms with van der Waals surface area (Å²) in [6.45, 7) is 3.86. The van der Waals surface area contributed by atoms with E-state index in [9.17, 15) is 10.1 Å². The molecule has 0 aliphatic rings. The number of hydrogen-bond acceptors (Lipinski definition) is 3. The second kappa shape index (κ2) is 7.69. The van der Waals surface area contributed by atoms with Crippen molar-refractivity contribution in [1.82, 2.24) is 4.57 Å². The first kappa shape index (κ1) is 18.8. The van der Waals surface area contributed by atoms with Crippen molar-refractivity contribution in [2.45, 2.75) is 13.8 Å². The Bertz CT molecular complexity index is 1040. The molecule has 5 heteroatoms. The van der Waals surface area contributed by atoms with Gasteiger partial charge in [-0.05, 0) is 31.0 Å². The molecular weight excluding hydrogens is 360 g/mol. The van der Waals surface area contributed by atoms with Crippen molar-refractivity contribution < 1.29 is 9.53 Å². The van der Waals surface area contributed by atoms with E-state index in [2.05, 4.69) is 6.07 Å². The van der Waals surface area contributed by atoms with Crippen molar-refractivity contribution in [2.75, 3.05) is 6.61 Å². The summed E-state index contributed by atoms with van der Waals surface area (Å²) in [5.74, 6) is -0.435. The van der Waals surface area contributed by atoms with Gasteiger partial charge in [-0.25, -0.2) is 4.79 Å². The van der Waals surface area contributed by atoms with E-state index in [0.717, 1.165) is 22.4 Å². The highest BCUT2D eigenvalue weighted by Crippen LogP contribution is 2.35. The predicted octanol–water partition coefficient (Wildman–Crippen LogP) is 5.37. The fraction of sp³-hybridized carbons (Fsp3) is 0.182. The van der Waals surface area contributed by atoms with Crippen molar-refractivity contribution in [3.05, 3.63) is 70.5 Å². The summed E-state index contributed by atoms with van der Waals surface area (Å²) in [6, 6.07) is 17.5. The van der Waals surface area contributed by atoms with Crippen LogP contribution < -0.4 is 0 Å². The molecule has 0 bridgehead atoms. The highest BCUT2D eigenvalue weighted by atomic mass is 35.5. The molecule has 0 saturated heterocycles. The lowest BCUT2D eigenvalue weighted by Gasteiger charge is -2.09. The standard InChI is InChI=1S/C22H19ClN2O2/c1-4-27-22(26)21-20(18(13-24)14(2)25(21)3)16-11-9-15(10-12-16)17-7-5-6-8-19(17)23/h5-12H,4H2,1-3H3. The van der Waals surface area contributed by atoms with Crippen LogP contribution in [-0.2, 0) is 11.8 Å². The Morgan fingerprint density at radius 3 is 2.37 bits per heavy atom. The zero-order chi connectivity index (χ0) is 19.6. The number of nitrogens with zero attached hydrogens (tertiary/aromatic N) is 2. The molecule has 0 N–H and O–H groups in total. The van der Waals surface area contributed by atoms with E-state index in [1.165, 1.54) is 0 Å². The number of esters is 1. The quantitative estimate of drug-likeness (QED) is 0.573. The molecule has 4 nitrogen and oxygen atoms in total. The molecule has 136 valence electrons. The number of ether oxygens (including phenoxy) is 1. The number of halogens is 1. The zero-order valence-electron chi connectivity index (χ0n) is 15.4. The molecular formula is C22H19ClN2O2. The van der Waals surface area contributed by atoms with Crippen LogP contribution in [0, 0.1) is 18.3 Å². The maximum Gasteiger partial charge on any atom is 0.355 e. The molecule has 1 heterocycles. The van der Waals surface area contributed by atoms with Crippen LogP contribution in [0.1, 0.15) is 28.7 Å². The first-order chi connectivity index (χ1) is 13.0. The molecule has 2 aromatic carbocycles. The first-order valence-electron chi connectivity index (χ1n) is 8.61. The van der Waals surface area contributed by atoms with Gasteiger partial charge >= 0.3 is 5.97 Å². The van der Waals surface area contributed by atoms with Crippen LogP contribution in [0.15, 0.2) is 48.5 Å². The largest absolute Gasteiger partial charge is 0.461 e. The molecule has 27 heavy (non-hydrogen) atoms. The van der Waals surface area contributed by atoms with Gasteiger partial charge < -0.3 is 9.30 Å². The Morgan fingerprint density at radius 2 is 1.78 bits per heavy atom. The van der Waals surface area contributed by atoms with Crippen LogP contribution in [-0.4, -0.2) is 17.1 Å². The third kappa shape index (κ3) is 3.34. The molecule has 0 spiro atoms. The highest BCUT2D eigenvalue weighted by Gasteiger charge is 2.25. The van der Waals surface area contributed by atoms with Crippen LogP contribution >= 0.6 is 11.6 Å². The van der Waals surface area contributed by atoms with Gasteiger partial charge in [0.15, 0.2) is 0 Å². The molecule has 0 atom stereocenters. The van der Waals surface area contributed by atoms with Gasteiger partial charge in [-0.3, -0.25) is 0 Å². The van der Waals surface area contributed by atoms with Gasteiger partial charge in [0.2, 0.25) is 0 Å². The number of carbonyl (C=O) groups is 1. The zero-order valence-corrected chi connectivity index (χ0v) is 16.2. The summed E-state index contributed by atoms with van der Waals surface area (Å²) in [5, 5.41) is 10.3. The molecule has 3 aromatic rings. The Hall–Kier alpha value is -3.03. The minimum atomic E-state index is -0.435. The van der Waals surface area contributed by atoms with Gasteiger partial charge in [0.05, 0.1) is 12.2 Å². The Morgan fingerprint density at radius 1 is 1.15 bits per heavy atom. The molecule has 0 aliphatic carbocycles. The van der Waals surface area contributed by atoms with Gasteiger partial charge in [0.25, 0.3) is 0 Å². The number of carbonyl (C=O) groups excluding carboxylic acids is 1. The third-order valence-corrected chi connectivity index (χ3v) is 4.96. The molecule has 3 rings (SSSR count). The topological polar surface area (TPSA) is 55.0 Å². The SMILES string of the molecule is CCOC(=O)c1c(-c2ccc(-c3ccccc3Cl)cc2)c(C#N)c(C)n1C. The van der Waals surface area contributed by atoms with E-state index in [1.54, 1.807) is 18.5 Å². The van der Waals surface area contributed by atoms with Crippen molar-refractivity contribution in [2.24, 2.45) is 7.05 Å². The van der Waals surface area contributed by atoms with E-state index < -0.39 is 5.97 Å². The minimum absolute atomic E-state index is 0.274. The molecule has 0 saturated carbocycles. The van der Waals surface area contributed by atoms with E-state index in [4.69, 9.17) is 16.3 Å². The molecule has 0 amide bonds. The van der Waals surface area contributed by atoms with Gasteiger partial charge in [-0.15, -0.1) is 0 Å². The van der Waals surface area contributed by atoms with Crippen LogP contribution in [0.4, 0.5) is 0 Å². The summed E-state index contributed by atoms with van der Waals surface area (Å²) in [7, 11) is 1.77. The number of rotatable bonds is 4. The summed E-state index contributed by atoms with van der Waals surface area (Å²) in [4.78, 5) is 12.5. The maximum absolute atomic E-state index is 12.5. The Labute approximate surface area is 163 Å². The van der Waals surface area contributed by atoms with Crippen LogP contribution in [0.2, 0.25) is 5.02 Å². The van der Waals surface area contributed by atoms with E-state index in [-0.39, 0.29) is 6.61 Å². The fourth-order valence-corrected chi connectivity index (χ4v) is 3.42. The average molecular weight is 379 g/mol. The molecule has 1 aromatic heterocycles. The van der Waals surface area contributed by atoms with Crippen LogP contribution in [0.5, 0.6) is 0 Å². The minimum Gasteiger partial charge on any atom is -0.461 e. The Kier molecular flexibility index (Phi) is 5.34. The second-order valence-electron chi connectivity index (χ2n) is 6.13. The first-order valence-corrected chi connectivity index (χ1v) is 8.99. The van der Waals surface area contributed by atoms with Crippen LogP contribution in [0.3, 0.4) is 0 Å². The van der Waals surface area contributed by atoms with Gasteiger partial charge in [0, 0.05) is 28.9 Å². The summed E-state index contributed by atoms with van der Waals surface area (Å²) >= 11 is 6.28. The lowest BCUT2D eigenvalue weighted by atomic mass is 9.97. The van der Waals surface area contributed by atoms with Crippen molar-refractivity contribution in [3.63, 3.8) is 0 Å². The van der Waals surface area contributed by atoms with E-state index >= 15 is 0 Å². The van der Waals surface area contributed by atoms with Crippen LogP contribution in [0.25, 0.3) is 22.3 Å². The van der Waals surface area contributed by atoms with Crippen molar-refractivity contribution in [3.8, 4) is 28.3 Å². The van der Waals surface area contributed by atoms with E-state index in [1.807, 2.05) is 55.5 Å². The monoisotopic (exact) mass is 378 g/mol. The smallest absolute Gasteiger partial charge is 0.355 e. The summed E-state index contributed by atoms with van der Waals surface area (Å²) in [6.07, 6.45) is 0. The number of benzene rings is 2. The number of aromatic nitrogens is 1. The predicted molar refractivity (Wildman–Crippen MR) is 107 cm³/mol. The summed E-state index contributed by atoms with van der Waals surface area (Å²) < 4.78 is 6.92. The fourth-order valence-electron chi connectivity index (χ4n) is 3.17. The van der Waals surface area contributed by atoms with Gasteiger partial charge in [0.1, 0.15) is 11.8 Å². The van der Waals surface area contributed by atoms with E-state index in [0.29, 0.717) is 21.8 Å². The Balaban J connectivity index is 2.14. The number of nitriles is 1.